The van der Waals surface area contributed by atoms with Crippen LogP contribution in [0.15, 0.2) is 16.6 Å². The molecule has 0 heterocycles. The molecule has 1 aliphatic rings. The number of rotatable bonds is 3. The Hall–Kier alpha value is -0.500. The maximum Gasteiger partial charge on any atom is 0.0348 e. The molecular formula is C17H26BrN. The Balaban J connectivity index is 1.96. The highest BCUT2D eigenvalue weighted by molar-refractivity contribution is 9.10. The maximum absolute atomic E-state index is 3.73. The molecule has 0 aliphatic heterocycles. The van der Waals surface area contributed by atoms with E-state index in [2.05, 4.69) is 61.1 Å². The number of anilines is 1. The molecule has 1 aliphatic carbocycles. The minimum absolute atomic E-state index is 0.662. The number of benzene rings is 1. The minimum atomic E-state index is 0.662. The first-order chi connectivity index (χ1) is 8.97. The van der Waals surface area contributed by atoms with Gasteiger partial charge in [-0.25, -0.2) is 0 Å². The predicted octanol–water partition coefficient (Wildman–Crippen LogP) is 5.69. The minimum Gasteiger partial charge on any atom is -0.382 e. The quantitative estimate of drug-likeness (QED) is 0.753. The van der Waals surface area contributed by atoms with Crippen molar-refractivity contribution in [2.75, 3.05) is 5.32 Å². The summed E-state index contributed by atoms with van der Waals surface area (Å²) in [6, 6.07) is 5.17. The van der Waals surface area contributed by atoms with E-state index in [9.17, 15) is 0 Å². The van der Waals surface area contributed by atoms with Gasteiger partial charge in [0.1, 0.15) is 0 Å². The van der Waals surface area contributed by atoms with Gasteiger partial charge in [-0.1, -0.05) is 29.8 Å². The zero-order valence-corrected chi connectivity index (χ0v) is 14.2. The van der Waals surface area contributed by atoms with Gasteiger partial charge in [-0.05, 0) is 74.6 Å². The molecule has 2 heteroatoms. The van der Waals surface area contributed by atoms with Crippen LogP contribution >= 0.6 is 15.9 Å². The van der Waals surface area contributed by atoms with E-state index in [-0.39, 0.29) is 0 Å². The molecule has 0 aromatic heterocycles. The molecule has 2 rings (SSSR count). The molecule has 0 bridgehead atoms. The van der Waals surface area contributed by atoms with Gasteiger partial charge in [-0.3, -0.25) is 0 Å². The summed E-state index contributed by atoms with van der Waals surface area (Å²) in [6.07, 6.45) is 5.39. The Morgan fingerprint density at radius 2 is 1.58 bits per heavy atom. The van der Waals surface area contributed by atoms with Crippen molar-refractivity contribution in [1.82, 2.24) is 0 Å². The summed E-state index contributed by atoms with van der Waals surface area (Å²) in [7, 11) is 0. The standard InChI is InChI=1S/C17H26BrN/c1-11(2)14-5-7-15(8-6-14)19-16-9-12(3)17(18)13(4)10-16/h9-11,14-15,19H,5-8H2,1-4H3. The first kappa shape index (κ1) is 14.9. The maximum atomic E-state index is 3.73. The first-order valence-corrected chi connectivity index (χ1v) is 8.30. The highest BCUT2D eigenvalue weighted by Gasteiger charge is 2.23. The average Bonchev–Trinajstić information content (AvgIpc) is 2.36. The van der Waals surface area contributed by atoms with Crippen LogP contribution in [-0.4, -0.2) is 6.04 Å². The SMILES string of the molecule is Cc1cc(NC2CCC(C(C)C)CC2)cc(C)c1Br. The molecule has 0 saturated heterocycles. The summed E-state index contributed by atoms with van der Waals surface area (Å²) in [5.74, 6) is 1.78. The lowest BCUT2D eigenvalue weighted by Crippen LogP contribution is -2.27. The molecule has 1 aromatic rings. The van der Waals surface area contributed by atoms with E-state index in [1.54, 1.807) is 0 Å². The summed E-state index contributed by atoms with van der Waals surface area (Å²) in [4.78, 5) is 0. The smallest absolute Gasteiger partial charge is 0.0348 e. The van der Waals surface area contributed by atoms with Crippen molar-refractivity contribution in [2.24, 2.45) is 11.8 Å². The topological polar surface area (TPSA) is 12.0 Å². The van der Waals surface area contributed by atoms with Gasteiger partial charge >= 0.3 is 0 Å². The molecule has 0 radical (unpaired) electrons. The largest absolute Gasteiger partial charge is 0.382 e. The van der Waals surface area contributed by atoms with Crippen molar-refractivity contribution >= 4 is 21.6 Å². The molecule has 1 saturated carbocycles. The van der Waals surface area contributed by atoms with Gasteiger partial charge in [0, 0.05) is 16.2 Å². The second kappa shape index (κ2) is 6.30. The van der Waals surface area contributed by atoms with Gasteiger partial charge in [0.05, 0.1) is 0 Å². The van der Waals surface area contributed by atoms with Crippen molar-refractivity contribution in [1.29, 1.82) is 0 Å². The van der Waals surface area contributed by atoms with Crippen LogP contribution in [0.5, 0.6) is 0 Å². The third-order valence-corrected chi connectivity index (χ3v) is 5.77. The van der Waals surface area contributed by atoms with E-state index in [1.807, 2.05) is 0 Å². The van der Waals surface area contributed by atoms with Crippen molar-refractivity contribution < 1.29 is 0 Å². The predicted molar refractivity (Wildman–Crippen MR) is 87.8 cm³/mol. The zero-order chi connectivity index (χ0) is 14.0. The summed E-state index contributed by atoms with van der Waals surface area (Å²) < 4.78 is 1.24. The highest BCUT2D eigenvalue weighted by Crippen LogP contribution is 2.32. The third-order valence-electron chi connectivity index (χ3n) is 4.52. The first-order valence-electron chi connectivity index (χ1n) is 7.50. The molecule has 106 valence electrons. The van der Waals surface area contributed by atoms with E-state index in [0.717, 1.165) is 11.8 Å². The van der Waals surface area contributed by atoms with Gasteiger partial charge in [-0.2, -0.15) is 0 Å². The van der Waals surface area contributed by atoms with Gasteiger partial charge < -0.3 is 5.32 Å². The number of hydrogen-bond donors (Lipinski definition) is 1. The van der Waals surface area contributed by atoms with E-state index in [0.29, 0.717) is 6.04 Å². The number of hydrogen-bond acceptors (Lipinski definition) is 1. The van der Waals surface area contributed by atoms with Crippen LogP contribution in [-0.2, 0) is 0 Å². The fraction of sp³-hybridized carbons (Fsp3) is 0.647. The van der Waals surface area contributed by atoms with E-state index in [4.69, 9.17) is 0 Å². The van der Waals surface area contributed by atoms with E-state index in [1.165, 1.54) is 47.0 Å². The lowest BCUT2D eigenvalue weighted by Gasteiger charge is -2.32. The molecule has 0 spiro atoms. The van der Waals surface area contributed by atoms with Crippen LogP contribution in [0.4, 0.5) is 5.69 Å². The van der Waals surface area contributed by atoms with Crippen LogP contribution in [0.3, 0.4) is 0 Å². The second-order valence-corrected chi connectivity index (χ2v) is 7.22. The third kappa shape index (κ3) is 3.75. The Labute approximate surface area is 126 Å². The Morgan fingerprint density at radius 3 is 2.05 bits per heavy atom. The molecule has 0 amide bonds. The van der Waals surface area contributed by atoms with Crippen LogP contribution in [0.1, 0.15) is 50.7 Å². The van der Waals surface area contributed by atoms with Gasteiger partial charge in [0.2, 0.25) is 0 Å². The summed E-state index contributed by atoms with van der Waals surface area (Å²) in [5, 5.41) is 3.73. The normalized spacial score (nSPS) is 23.7. The molecule has 19 heavy (non-hydrogen) atoms. The molecule has 1 fully saturated rings. The number of nitrogens with one attached hydrogen (secondary N) is 1. The van der Waals surface area contributed by atoms with Crippen LogP contribution < -0.4 is 5.32 Å². The lowest BCUT2D eigenvalue weighted by atomic mass is 9.79. The van der Waals surface area contributed by atoms with Gasteiger partial charge in [0.25, 0.3) is 0 Å². The van der Waals surface area contributed by atoms with Crippen LogP contribution in [0.2, 0.25) is 0 Å². The van der Waals surface area contributed by atoms with Gasteiger partial charge in [-0.15, -0.1) is 0 Å². The number of aryl methyl sites for hydroxylation is 2. The molecule has 0 unspecified atom stereocenters. The zero-order valence-electron chi connectivity index (χ0n) is 12.6. The monoisotopic (exact) mass is 323 g/mol. The van der Waals surface area contributed by atoms with Crippen molar-refractivity contribution in [3.05, 3.63) is 27.7 Å². The van der Waals surface area contributed by atoms with E-state index < -0.39 is 0 Å². The molecule has 0 atom stereocenters. The Bertz CT molecular complexity index is 408. The fourth-order valence-electron chi connectivity index (χ4n) is 3.20. The molecular weight excluding hydrogens is 298 g/mol. The lowest BCUT2D eigenvalue weighted by molar-refractivity contribution is 0.267. The van der Waals surface area contributed by atoms with Crippen molar-refractivity contribution in [3.8, 4) is 0 Å². The molecule has 1 aromatic carbocycles. The number of halogens is 1. The molecule has 1 N–H and O–H groups in total. The van der Waals surface area contributed by atoms with E-state index >= 15 is 0 Å². The van der Waals surface area contributed by atoms with Gasteiger partial charge in [0.15, 0.2) is 0 Å². The summed E-state index contributed by atoms with van der Waals surface area (Å²) in [5.41, 5.74) is 3.92. The summed E-state index contributed by atoms with van der Waals surface area (Å²) in [6.45, 7) is 9.05. The summed E-state index contributed by atoms with van der Waals surface area (Å²) >= 11 is 3.63. The average molecular weight is 324 g/mol. The van der Waals surface area contributed by atoms with Crippen LogP contribution in [0.25, 0.3) is 0 Å². The molecule has 1 nitrogen and oxygen atoms in total. The fourth-order valence-corrected chi connectivity index (χ4v) is 3.42. The van der Waals surface area contributed by atoms with Crippen LogP contribution in [0, 0.1) is 25.7 Å². The second-order valence-electron chi connectivity index (χ2n) is 6.42. The van der Waals surface area contributed by atoms with Crippen molar-refractivity contribution in [3.63, 3.8) is 0 Å². The Kier molecular flexibility index (Phi) is 4.94. The Morgan fingerprint density at radius 1 is 1.05 bits per heavy atom. The van der Waals surface area contributed by atoms with Crippen molar-refractivity contribution in [2.45, 2.75) is 59.4 Å². The highest BCUT2D eigenvalue weighted by atomic mass is 79.9.